The van der Waals surface area contributed by atoms with E-state index >= 15 is 0 Å². The van der Waals surface area contributed by atoms with Crippen molar-refractivity contribution in [3.05, 3.63) is 34.2 Å². The van der Waals surface area contributed by atoms with E-state index in [4.69, 9.17) is 21.1 Å². The average Bonchev–Trinajstić information content (AvgIpc) is 2.93. The molecule has 2 aliphatic heterocycles. The number of hydrogen-bond donors (Lipinski definition) is 1. The summed E-state index contributed by atoms with van der Waals surface area (Å²) >= 11 is 6.07. The van der Waals surface area contributed by atoms with Gasteiger partial charge in [0.25, 0.3) is 0 Å². The maximum atomic E-state index is 11.3. The van der Waals surface area contributed by atoms with Gasteiger partial charge in [0.05, 0.1) is 10.8 Å². The van der Waals surface area contributed by atoms with E-state index < -0.39 is 9.84 Å². The van der Waals surface area contributed by atoms with Crippen LogP contribution >= 0.6 is 11.6 Å². The molecule has 0 bridgehead atoms. The van der Waals surface area contributed by atoms with E-state index in [0.717, 1.165) is 5.56 Å². The van der Waals surface area contributed by atoms with Gasteiger partial charge >= 0.3 is 0 Å². The molecule has 7 heteroatoms. The predicted octanol–water partition coefficient (Wildman–Crippen LogP) is 1.47. The van der Waals surface area contributed by atoms with Gasteiger partial charge < -0.3 is 14.8 Å². The smallest absolute Gasteiger partial charge is 0.231 e. The van der Waals surface area contributed by atoms with Crippen LogP contribution in [0.4, 0.5) is 0 Å². The molecule has 0 aliphatic carbocycles. The third-order valence-corrected chi connectivity index (χ3v) is 4.66. The highest BCUT2D eigenvalue weighted by molar-refractivity contribution is 7.94. The van der Waals surface area contributed by atoms with Gasteiger partial charge in [-0.2, -0.15) is 0 Å². The van der Waals surface area contributed by atoms with Crippen molar-refractivity contribution in [2.24, 2.45) is 0 Å². The third-order valence-electron chi connectivity index (χ3n) is 2.99. The van der Waals surface area contributed by atoms with Crippen LogP contribution in [-0.2, 0) is 16.4 Å². The Morgan fingerprint density at radius 1 is 1.37 bits per heavy atom. The summed E-state index contributed by atoms with van der Waals surface area (Å²) in [5.41, 5.74) is 0.923. The maximum absolute atomic E-state index is 11.3. The Morgan fingerprint density at radius 3 is 2.95 bits per heavy atom. The standard InChI is InChI=1S/C12H12ClNO4S/c13-10-3-8(4-11-12(10)18-7-17-11)5-14-9-1-2-19(15,16)6-9/h1-4,9,14H,5-7H2. The molecule has 1 aromatic carbocycles. The molecule has 19 heavy (non-hydrogen) atoms. The molecule has 2 aliphatic rings. The van der Waals surface area contributed by atoms with Crippen LogP contribution in [0.1, 0.15) is 5.56 Å². The minimum atomic E-state index is -3.03. The normalized spacial score (nSPS) is 22.9. The summed E-state index contributed by atoms with van der Waals surface area (Å²) in [5, 5.41) is 4.90. The van der Waals surface area contributed by atoms with Crippen LogP contribution in [0.15, 0.2) is 23.6 Å². The monoisotopic (exact) mass is 301 g/mol. The maximum Gasteiger partial charge on any atom is 0.231 e. The predicted molar refractivity (Wildman–Crippen MR) is 71.1 cm³/mol. The lowest BCUT2D eigenvalue weighted by atomic mass is 10.2. The number of benzene rings is 1. The number of hydrogen-bond acceptors (Lipinski definition) is 5. The van der Waals surface area contributed by atoms with Crippen LogP contribution in [-0.4, -0.2) is 27.0 Å². The van der Waals surface area contributed by atoms with Gasteiger partial charge in [-0.15, -0.1) is 0 Å². The van der Waals surface area contributed by atoms with Crippen molar-refractivity contribution < 1.29 is 17.9 Å². The Balaban J connectivity index is 1.68. The second kappa shape index (κ2) is 4.70. The topological polar surface area (TPSA) is 64.6 Å². The zero-order valence-electron chi connectivity index (χ0n) is 9.93. The van der Waals surface area contributed by atoms with Crippen LogP contribution in [0, 0.1) is 0 Å². The first kappa shape index (κ1) is 12.8. The van der Waals surface area contributed by atoms with E-state index in [2.05, 4.69) is 5.32 Å². The SMILES string of the molecule is O=S1(=O)C=CC(NCc2cc(Cl)c3c(c2)OCO3)C1. The summed E-state index contributed by atoms with van der Waals surface area (Å²) in [4.78, 5) is 0. The van der Waals surface area contributed by atoms with Crippen molar-refractivity contribution in [3.63, 3.8) is 0 Å². The van der Waals surface area contributed by atoms with Crippen molar-refractivity contribution in [2.45, 2.75) is 12.6 Å². The lowest BCUT2D eigenvalue weighted by molar-refractivity contribution is 0.174. The van der Waals surface area contributed by atoms with Crippen molar-refractivity contribution >= 4 is 21.4 Å². The van der Waals surface area contributed by atoms with E-state index in [1.807, 2.05) is 6.07 Å². The van der Waals surface area contributed by atoms with Gasteiger partial charge in [-0.3, -0.25) is 0 Å². The molecule has 5 nitrogen and oxygen atoms in total. The second-order valence-corrected chi connectivity index (χ2v) is 6.80. The van der Waals surface area contributed by atoms with Crippen LogP contribution in [0.5, 0.6) is 11.5 Å². The molecule has 1 atom stereocenters. The summed E-state index contributed by atoms with van der Waals surface area (Å²) in [7, 11) is -3.03. The van der Waals surface area contributed by atoms with Gasteiger partial charge in [0.1, 0.15) is 0 Å². The van der Waals surface area contributed by atoms with Crippen molar-refractivity contribution in [1.29, 1.82) is 0 Å². The van der Waals surface area contributed by atoms with Gasteiger partial charge in [-0.05, 0) is 17.7 Å². The zero-order valence-corrected chi connectivity index (χ0v) is 11.5. The first-order chi connectivity index (χ1) is 9.03. The molecule has 1 unspecified atom stereocenters. The lowest BCUT2D eigenvalue weighted by Crippen LogP contribution is -2.29. The molecule has 0 fully saturated rings. The summed E-state index contributed by atoms with van der Waals surface area (Å²) in [6.45, 7) is 0.691. The largest absolute Gasteiger partial charge is 0.454 e. The lowest BCUT2D eigenvalue weighted by Gasteiger charge is -2.10. The van der Waals surface area contributed by atoms with E-state index in [0.29, 0.717) is 23.1 Å². The molecule has 0 saturated heterocycles. The van der Waals surface area contributed by atoms with E-state index in [1.54, 1.807) is 12.1 Å². The molecule has 0 spiro atoms. The molecule has 1 N–H and O–H groups in total. The summed E-state index contributed by atoms with van der Waals surface area (Å²) in [5.74, 6) is 1.29. The molecule has 2 heterocycles. The number of rotatable bonds is 3. The van der Waals surface area contributed by atoms with Gasteiger partial charge in [0.2, 0.25) is 6.79 Å². The molecule has 102 valence electrons. The highest BCUT2D eigenvalue weighted by Gasteiger charge is 2.22. The number of halogens is 1. The van der Waals surface area contributed by atoms with Gasteiger partial charge in [-0.25, -0.2) is 8.42 Å². The number of nitrogens with one attached hydrogen (secondary N) is 1. The molecule has 3 rings (SSSR count). The molecular formula is C12H12ClNO4S. The Morgan fingerprint density at radius 2 is 2.21 bits per heavy atom. The number of ether oxygens (including phenoxy) is 2. The first-order valence-corrected chi connectivity index (χ1v) is 7.85. The van der Waals surface area contributed by atoms with E-state index in [1.165, 1.54) is 5.41 Å². The highest BCUT2D eigenvalue weighted by Crippen LogP contribution is 2.39. The van der Waals surface area contributed by atoms with Gasteiger partial charge in [0, 0.05) is 18.0 Å². The third kappa shape index (κ3) is 2.70. The zero-order chi connectivity index (χ0) is 13.5. The Bertz CT molecular complexity index is 641. The molecular weight excluding hydrogens is 290 g/mol. The average molecular weight is 302 g/mol. The summed E-state index contributed by atoms with van der Waals surface area (Å²) < 4.78 is 33.1. The van der Waals surface area contributed by atoms with E-state index in [-0.39, 0.29) is 18.6 Å². The fourth-order valence-electron chi connectivity index (χ4n) is 2.07. The van der Waals surface area contributed by atoms with Gasteiger partial charge in [-0.1, -0.05) is 17.7 Å². The molecule has 1 aromatic rings. The molecule has 0 radical (unpaired) electrons. The number of fused-ring (bicyclic) bond motifs is 1. The quantitative estimate of drug-likeness (QED) is 0.916. The minimum absolute atomic E-state index is 0.102. The van der Waals surface area contributed by atoms with Crippen molar-refractivity contribution in [1.82, 2.24) is 5.32 Å². The second-order valence-electron chi connectivity index (χ2n) is 4.46. The first-order valence-electron chi connectivity index (χ1n) is 5.76. The van der Waals surface area contributed by atoms with E-state index in [9.17, 15) is 8.42 Å². The van der Waals surface area contributed by atoms with Crippen molar-refractivity contribution in [2.75, 3.05) is 12.5 Å². The Kier molecular flexibility index (Phi) is 3.16. The molecule has 0 aromatic heterocycles. The fraction of sp³-hybridized carbons (Fsp3) is 0.333. The summed E-state index contributed by atoms with van der Waals surface area (Å²) in [6.07, 6.45) is 1.66. The molecule has 0 saturated carbocycles. The Labute approximate surface area is 116 Å². The van der Waals surface area contributed by atoms with Crippen LogP contribution in [0.25, 0.3) is 0 Å². The van der Waals surface area contributed by atoms with Crippen molar-refractivity contribution in [3.8, 4) is 11.5 Å². The van der Waals surface area contributed by atoms with Crippen LogP contribution in [0.2, 0.25) is 5.02 Å². The Hall–Kier alpha value is -1.24. The number of sulfone groups is 1. The minimum Gasteiger partial charge on any atom is -0.454 e. The highest BCUT2D eigenvalue weighted by atomic mass is 35.5. The van der Waals surface area contributed by atoms with Crippen LogP contribution < -0.4 is 14.8 Å². The fourth-order valence-corrected chi connectivity index (χ4v) is 3.63. The molecule has 0 amide bonds. The summed E-state index contributed by atoms with van der Waals surface area (Å²) in [6, 6.07) is 3.47. The van der Waals surface area contributed by atoms with Crippen LogP contribution in [0.3, 0.4) is 0 Å². The van der Waals surface area contributed by atoms with Gasteiger partial charge in [0.15, 0.2) is 21.3 Å².